The van der Waals surface area contributed by atoms with E-state index < -0.39 is 65.6 Å². The van der Waals surface area contributed by atoms with Gasteiger partial charge in [0.2, 0.25) is 0 Å². The Morgan fingerprint density at radius 2 is 1.78 bits per heavy atom. The molecule has 13 heteroatoms. The van der Waals surface area contributed by atoms with Crippen molar-refractivity contribution in [2.24, 2.45) is 34.1 Å². The van der Waals surface area contributed by atoms with Gasteiger partial charge in [0, 0.05) is 59.1 Å². The highest BCUT2D eigenvalue weighted by Gasteiger charge is 2.60. The Hall–Kier alpha value is -3.80. The van der Waals surface area contributed by atoms with Gasteiger partial charge < -0.3 is 34.3 Å². The van der Waals surface area contributed by atoms with Crippen LogP contribution in [0.5, 0.6) is 0 Å². The molecule has 0 radical (unpaired) electrons. The van der Waals surface area contributed by atoms with Crippen molar-refractivity contribution in [2.75, 3.05) is 32.5 Å². The standard InChI is InChI=1S/C46H64N4O8S/c1-11-36-46(8)40-29(4)37(47-22-23-50(40)44(54)58-46)27(2)25-45(7,21-15-18-33-19-20-34(59-33)26-48-32-16-13-12-14-17-32)41(30(5)38(51)31(6)42(53)56-36)57-43-39(52)35(49(9)10)24-28(3)55-43/h12-14,16-17,19-20,27-31,35-36,39-41,43,48,52H,11,21-26H2,1-10H3/t27-,28-,29+,30+,31-,35+,36-,39-,40-,41-,43+,45+,46-/m1/s1. The number of likely N-dealkylation sites (N-methyl/N-ethyl adjacent to an activating group) is 1. The van der Waals surface area contributed by atoms with Gasteiger partial charge in [0.25, 0.3) is 0 Å². The van der Waals surface area contributed by atoms with Gasteiger partial charge in [0.05, 0.1) is 29.7 Å². The fourth-order valence-electron chi connectivity index (χ4n) is 10.1. The van der Waals surface area contributed by atoms with E-state index >= 15 is 0 Å². The molecule has 13 atom stereocenters. The van der Waals surface area contributed by atoms with Crippen LogP contribution >= 0.6 is 11.3 Å². The number of aliphatic hydroxyl groups is 1. The lowest BCUT2D eigenvalue weighted by Gasteiger charge is -2.47. The van der Waals surface area contributed by atoms with Crippen molar-refractivity contribution in [1.29, 1.82) is 0 Å². The molecule has 4 aliphatic rings. The number of anilines is 1. The lowest BCUT2D eigenvalue weighted by molar-refractivity contribution is -0.286. The van der Waals surface area contributed by atoms with Crippen LogP contribution in [-0.4, -0.2) is 114 Å². The number of hydrogen-bond acceptors (Lipinski definition) is 12. The van der Waals surface area contributed by atoms with Crippen LogP contribution in [0.1, 0.15) is 90.8 Å². The highest BCUT2D eigenvalue weighted by molar-refractivity contribution is 7.12. The zero-order valence-corrected chi connectivity index (χ0v) is 37.2. The van der Waals surface area contributed by atoms with Crippen molar-refractivity contribution in [3.63, 3.8) is 0 Å². The number of ketones is 1. The van der Waals surface area contributed by atoms with E-state index in [0.29, 0.717) is 45.3 Å². The van der Waals surface area contributed by atoms with E-state index in [-0.39, 0.29) is 29.8 Å². The molecule has 0 unspecified atom stereocenters. The van der Waals surface area contributed by atoms with E-state index in [1.807, 2.05) is 76.2 Å². The number of amides is 1. The first-order valence-electron chi connectivity index (χ1n) is 21.3. The second-order valence-electron chi connectivity index (χ2n) is 17.9. The minimum atomic E-state index is -1.17. The summed E-state index contributed by atoms with van der Waals surface area (Å²) in [6, 6.07) is 13.5. The topological polar surface area (TPSA) is 139 Å². The Bertz CT molecular complexity index is 1910. The highest BCUT2D eigenvalue weighted by Crippen LogP contribution is 2.46. The van der Waals surface area contributed by atoms with Crippen LogP contribution in [0.4, 0.5) is 10.5 Å². The number of thiophene rings is 1. The summed E-state index contributed by atoms with van der Waals surface area (Å²) in [5.74, 6) is 3.48. The number of aliphatic imine (C=N–C) groups is 1. The molecule has 4 aliphatic heterocycles. The predicted octanol–water partition coefficient (Wildman–Crippen LogP) is 6.79. The molecule has 12 nitrogen and oxygen atoms in total. The third-order valence-corrected chi connectivity index (χ3v) is 14.1. The number of rotatable bonds is 8. The molecule has 322 valence electrons. The number of carbonyl (C=O) groups excluding carboxylic acids is 3. The Labute approximate surface area is 354 Å². The molecule has 0 saturated carbocycles. The minimum absolute atomic E-state index is 0.142. The number of fused-ring (bicyclic) bond motifs is 1. The summed E-state index contributed by atoms with van der Waals surface area (Å²) in [4.78, 5) is 53.1. The molecule has 2 bridgehead atoms. The van der Waals surface area contributed by atoms with Crippen LogP contribution in [0.15, 0.2) is 47.5 Å². The van der Waals surface area contributed by atoms with Crippen molar-refractivity contribution in [2.45, 2.75) is 136 Å². The van der Waals surface area contributed by atoms with Gasteiger partial charge in [0.15, 0.2) is 17.7 Å². The van der Waals surface area contributed by atoms with E-state index in [4.69, 9.17) is 23.9 Å². The second-order valence-corrected chi connectivity index (χ2v) is 19.1. The highest BCUT2D eigenvalue weighted by atomic mass is 32.1. The Balaban J connectivity index is 1.41. The number of hydrogen-bond donors (Lipinski definition) is 2. The van der Waals surface area contributed by atoms with Crippen LogP contribution in [0.3, 0.4) is 0 Å². The molecule has 59 heavy (non-hydrogen) atoms. The van der Waals surface area contributed by atoms with Gasteiger partial charge in [-0.25, -0.2) is 4.79 Å². The first-order valence-corrected chi connectivity index (χ1v) is 22.1. The third-order valence-electron chi connectivity index (χ3n) is 13.1. The molecule has 5 heterocycles. The SMILES string of the molecule is CC[C@H]1OC(=O)[C@H](C)C(=O)[C@H](C)[C@@H](O[C@@H]2O[C@H](C)C[C@H](N(C)C)[C@H]2O)[C@@](C)(CC#Cc2ccc(CNc3ccccc3)s2)C[C@@H](C)C2=NCCN3C(=O)O[C@@]1(C)[C@H]3[C@H]2C. The van der Waals surface area contributed by atoms with E-state index in [2.05, 4.69) is 44.0 Å². The number of Topliss-reactive ketones (excluding diaryl/α,β-unsaturated/α-hetero) is 1. The molecule has 1 aromatic carbocycles. The summed E-state index contributed by atoms with van der Waals surface area (Å²) >= 11 is 1.62. The average molecular weight is 833 g/mol. The zero-order valence-electron chi connectivity index (χ0n) is 36.4. The summed E-state index contributed by atoms with van der Waals surface area (Å²) in [5.41, 5.74) is -0.0287. The van der Waals surface area contributed by atoms with Crippen molar-refractivity contribution >= 4 is 40.6 Å². The number of cyclic esters (lactones) is 1. The summed E-state index contributed by atoms with van der Waals surface area (Å²) < 4.78 is 25.7. The van der Waals surface area contributed by atoms with Crippen LogP contribution in [0.25, 0.3) is 0 Å². The third kappa shape index (κ3) is 9.42. The van der Waals surface area contributed by atoms with Crippen molar-refractivity contribution in [1.82, 2.24) is 9.80 Å². The molecular formula is C46H64N4O8S. The number of nitrogens with zero attached hydrogens (tertiary/aromatic N) is 3. The Morgan fingerprint density at radius 1 is 1.05 bits per heavy atom. The monoisotopic (exact) mass is 832 g/mol. The van der Waals surface area contributed by atoms with Crippen LogP contribution in [0.2, 0.25) is 0 Å². The van der Waals surface area contributed by atoms with Crippen molar-refractivity contribution < 1.29 is 38.4 Å². The molecule has 2 N–H and O–H groups in total. The molecule has 3 saturated heterocycles. The first kappa shape index (κ1) is 44.7. The summed E-state index contributed by atoms with van der Waals surface area (Å²) in [5, 5.41) is 15.2. The fourth-order valence-corrected chi connectivity index (χ4v) is 10.9. The zero-order chi connectivity index (χ0) is 42.8. The quantitative estimate of drug-likeness (QED) is 0.166. The van der Waals surface area contributed by atoms with E-state index in [0.717, 1.165) is 21.2 Å². The van der Waals surface area contributed by atoms with Crippen molar-refractivity contribution in [3.05, 3.63) is 52.2 Å². The van der Waals surface area contributed by atoms with Gasteiger partial charge in [-0.2, -0.15) is 0 Å². The van der Waals surface area contributed by atoms with Gasteiger partial charge in [-0.15, -0.1) is 11.3 Å². The number of carbonyl (C=O) groups is 3. The van der Waals surface area contributed by atoms with Crippen LogP contribution < -0.4 is 5.32 Å². The van der Waals surface area contributed by atoms with Gasteiger partial charge in [0.1, 0.15) is 18.1 Å². The number of nitrogens with one attached hydrogen (secondary N) is 1. The number of esters is 1. The molecule has 6 rings (SSSR count). The average Bonchev–Trinajstić information content (AvgIpc) is 3.70. The normalized spacial score (nSPS) is 36.7. The predicted molar refractivity (Wildman–Crippen MR) is 229 cm³/mol. The van der Waals surface area contributed by atoms with Gasteiger partial charge in [-0.3, -0.25) is 19.5 Å². The summed E-state index contributed by atoms with van der Waals surface area (Å²) in [6.07, 6.45) is -2.52. The molecule has 1 aromatic heterocycles. The maximum Gasteiger partial charge on any atom is 0.410 e. The van der Waals surface area contributed by atoms with E-state index in [9.17, 15) is 19.5 Å². The van der Waals surface area contributed by atoms with Crippen LogP contribution in [-0.2, 0) is 35.1 Å². The van der Waals surface area contributed by atoms with Gasteiger partial charge in [-0.05, 0) is 84.3 Å². The summed E-state index contributed by atoms with van der Waals surface area (Å²) in [7, 11) is 3.85. The lowest BCUT2D eigenvalue weighted by Crippen LogP contribution is -2.58. The van der Waals surface area contributed by atoms with E-state index in [1.54, 1.807) is 30.1 Å². The second kappa shape index (κ2) is 18.4. The van der Waals surface area contributed by atoms with E-state index in [1.165, 1.54) is 0 Å². The van der Waals surface area contributed by atoms with Gasteiger partial charge in [-0.1, -0.05) is 64.7 Å². The smallest absolute Gasteiger partial charge is 0.410 e. The number of ether oxygens (including phenoxy) is 4. The molecule has 3 fully saturated rings. The summed E-state index contributed by atoms with van der Waals surface area (Å²) in [6.45, 7) is 16.8. The molecule has 1 amide bonds. The van der Waals surface area contributed by atoms with Crippen molar-refractivity contribution in [3.8, 4) is 11.8 Å². The molecule has 2 aromatic rings. The Kier molecular flexibility index (Phi) is 14.0. The maximum absolute atomic E-state index is 14.7. The lowest BCUT2D eigenvalue weighted by atomic mass is 9.66. The maximum atomic E-state index is 14.7. The Morgan fingerprint density at radius 3 is 2.47 bits per heavy atom. The fraction of sp³-hybridized carbons (Fsp3) is 0.652. The van der Waals surface area contributed by atoms with Gasteiger partial charge >= 0.3 is 12.1 Å². The van der Waals surface area contributed by atoms with Crippen LogP contribution in [0, 0.1) is 40.9 Å². The number of aliphatic hydroxyl groups excluding tert-OH is 1. The first-order chi connectivity index (χ1) is 28.0. The largest absolute Gasteiger partial charge is 0.458 e. The molecular weight excluding hydrogens is 769 g/mol. The molecule has 0 spiro atoms. The number of benzene rings is 1. The minimum Gasteiger partial charge on any atom is -0.458 e. The number of para-hydroxylation sites is 1. The molecule has 0 aliphatic carbocycles.